The number of nitrogen functional groups attached to an aromatic ring is 1. The van der Waals surface area contributed by atoms with Crippen LogP contribution in [-0.4, -0.2) is 72.2 Å². The molecule has 242 valence electrons. The third-order valence-electron chi connectivity index (χ3n) is 7.28. The van der Waals surface area contributed by atoms with E-state index in [9.17, 15) is 23.5 Å². The van der Waals surface area contributed by atoms with Gasteiger partial charge in [-0.25, -0.2) is 9.59 Å². The minimum Gasteiger partial charge on any atom is -0.492 e. The van der Waals surface area contributed by atoms with E-state index in [-0.39, 0.29) is 36.3 Å². The number of benzene rings is 2. The number of halogens is 2. The molecule has 0 aliphatic heterocycles. The number of nitrogens with two attached hydrogens (primary N) is 1. The molecule has 1 amide bonds. The van der Waals surface area contributed by atoms with Crippen LogP contribution < -0.4 is 15.2 Å². The van der Waals surface area contributed by atoms with Crippen molar-refractivity contribution < 1.29 is 42.1 Å². The van der Waals surface area contributed by atoms with Gasteiger partial charge in [0.25, 0.3) is 0 Å². The van der Waals surface area contributed by atoms with E-state index >= 15 is 0 Å². The molecule has 1 unspecified atom stereocenters. The summed E-state index contributed by atoms with van der Waals surface area (Å²) in [5.74, 6) is -0.274. The van der Waals surface area contributed by atoms with Crippen molar-refractivity contribution in [1.82, 2.24) is 14.7 Å². The second-order valence-electron chi connectivity index (χ2n) is 11.4. The van der Waals surface area contributed by atoms with Gasteiger partial charge in [0, 0.05) is 11.8 Å². The highest BCUT2D eigenvalue weighted by Gasteiger charge is 2.35. The second kappa shape index (κ2) is 14.7. The number of hydrogen-bond acceptors (Lipinski definition) is 8. The van der Waals surface area contributed by atoms with Gasteiger partial charge in [-0.3, -0.25) is 0 Å². The van der Waals surface area contributed by atoms with Crippen molar-refractivity contribution in [3.05, 3.63) is 48.0 Å². The maximum absolute atomic E-state index is 13.4. The zero-order valence-electron chi connectivity index (χ0n) is 26.0. The third-order valence-corrected chi connectivity index (χ3v) is 11.9. The van der Waals surface area contributed by atoms with Crippen molar-refractivity contribution in [3.8, 4) is 11.6 Å². The van der Waals surface area contributed by atoms with Crippen LogP contribution in [-0.2, 0) is 9.16 Å². The van der Waals surface area contributed by atoms with Crippen molar-refractivity contribution in [1.29, 1.82) is 0 Å². The monoisotopic (exact) mass is 636 g/mol. The van der Waals surface area contributed by atoms with Gasteiger partial charge in [-0.2, -0.15) is 13.5 Å². The first-order valence-corrected chi connectivity index (χ1v) is 17.1. The summed E-state index contributed by atoms with van der Waals surface area (Å²) in [5, 5.41) is 13.2. The largest absolute Gasteiger partial charge is 0.492 e. The SMILES string of the molecule is CC[Si](CC)(CC)OC(CN(CCOc1ccc2c(OC(F)F)nn(C(=O)O)c2c1)C(=O)OC(C)(C)C)c1cccc(N)c1. The molecule has 44 heavy (non-hydrogen) atoms. The Morgan fingerprint density at radius 1 is 1.09 bits per heavy atom. The average Bonchev–Trinajstić information content (AvgIpc) is 3.31. The van der Waals surface area contributed by atoms with E-state index in [1.165, 1.54) is 23.1 Å². The van der Waals surface area contributed by atoms with Gasteiger partial charge in [0.2, 0.25) is 5.88 Å². The van der Waals surface area contributed by atoms with E-state index in [4.69, 9.17) is 19.6 Å². The molecule has 11 nitrogen and oxygen atoms in total. The van der Waals surface area contributed by atoms with Gasteiger partial charge in [0.1, 0.15) is 18.0 Å². The summed E-state index contributed by atoms with van der Waals surface area (Å²) in [7, 11) is -2.13. The highest BCUT2D eigenvalue weighted by atomic mass is 28.4. The summed E-state index contributed by atoms with van der Waals surface area (Å²) in [4.78, 5) is 26.6. The van der Waals surface area contributed by atoms with Crippen molar-refractivity contribution in [2.24, 2.45) is 0 Å². The van der Waals surface area contributed by atoms with Gasteiger partial charge in [0.15, 0.2) is 8.32 Å². The fourth-order valence-electron chi connectivity index (χ4n) is 4.80. The number of carbonyl (C=O) groups excluding carboxylic acids is 1. The highest BCUT2D eigenvalue weighted by Crippen LogP contribution is 2.32. The molecule has 1 heterocycles. The molecular weight excluding hydrogens is 594 g/mol. The minimum absolute atomic E-state index is 0.00442. The second-order valence-corrected chi connectivity index (χ2v) is 16.1. The maximum atomic E-state index is 13.4. The summed E-state index contributed by atoms with van der Waals surface area (Å²) >= 11 is 0. The molecule has 14 heteroatoms. The Hall–Kier alpha value is -3.91. The highest BCUT2D eigenvalue weighted by molar-refractivity contribution is 6.73. The van der Waals surface area contributed by atoms with Crippen molar-refractivity contribution in [3.63, 3.8) is 0 Å². The average molecular weight is 637 g/mol. The summed E-state index contributed by atoms with van der Waals surface area (Å²) < 4.78 is 49.0. The van der Waals surface area contributed by atoms with E-state index < -0.39 is 44.7 Å². The standard InChI is InChI=1S/C30H42F2N4O7Si/c1-7-44(8-2,9-3)43-25(20-11-10-12-21(33)17-20)19-35(29(39)42-30(4,5)6)15-16-40-22-13-14-23-24(18-22)36(28(37)38)34-26(23)41-27(31)32/h10-14,17-18,25,27H,7-9,15-16,19,33H2,1-6H3,(H,37,38). The van der Waals surface area contributed by atoms with Gasteiger partial charge >= 0.3 is 18.8 Å². The molecule has 1 atom stereocenters. The molecule has 0 aliphatic rings. The molecule has 0 bridgehead atoms. The molecule has 0 fully saturated rings. The lowest BCUT2D eigenvalue weighted by Crippen LogP contribution is -2.45. The first-order chi connectivity index (χ1) is 20.7. The lowest BCUT2D eigenvalue weighted by molar-refractivity contribution is -0.0521. The molecule has 0 saturated heterocycles. The number of amides is 1. The topological polar surface area (TPSA) is 138 Å². The van der Waals surface area contributed by atoms with Gasteiger partial charge < -0.3 is 34.4 Å². The van der Waals surface area contributed by atoms with Crippen molar-refractivity contribution >= 4 is 37.1 Å². The number of anilines is 1. The molecule has 0 aliphatic carbocycles. The Balaban J connectivity index is 1.88. The number of fused-ring (bicyclic) bond motifs is 1. The lowest BCUT2D eigenvalue weighted by Gasteiger charge is -2.36. The van der Waals surface area contributed by atoms with E-state index in [1.54, 1.807) is 26.8 Å². The summed E-state index contributed by atoms with van der Waals surface area (Å²) in [5.41, 5.74) is 6.79. The quantitative estimate of drug-likeness (QED) is 0.140. The third kappa shape index (κ3) is 9.05. The number of nitrogens with zero attached hydrogens (tertiary/aromatic N) is 3. The van der Waals surface area contributed by atoms with Crippen molar-refractivity contribution in [2.75, 3.05) is 25.4 Å². The number of carboxylic acid groups (broad SMARTS) is 1. The first kappa shape index (κ1) is 34.6. The lowest BCUT2D eigenvalue weighted by atomic mass is 10.1. The fourth-order valence-corrected chi connectivity index (χ4v) is 7.62. The van der Waals surface area contributed by atoms with Crippen LogP contribution in [0.15, 0.2) is 42.5 Å². The van der Waals surface area contributed by atoms with Gasteiger partial charge in [0.05, 0.1) is 30.1 Å². The van der Waals surface area contributed by atoms with E-state index in [0.717, 1.165) is 23.7 Å². The van der Waals surface area contributed by atoms with Crippen molar-refractivity contribution in [2.45, 2.75) is 78.0 Å². The number of ether oxygens (including phenoxy) is 3. The molecule has 1 aromatic heterocycles. The number of aromatic nitrogens is 2. The fraction of sp³-hybridized carbons (Fsp3) is 0.500. The Bertz CT molecular complexity index is 1420. The molecular formula is C30H42F2N4O7Si. The normalized spacial score (nSPS) is 12.8. The predicted octanol–water partition coefficient (Wildman–Crippen LogP) is 7.13. The smallest absolute Gasteiger partial charge is 0.432 e. The summed E-state index contributed by atoms with van der Waals surface area (Å²) in [6.07, 6.45) is -2.50. The molecule has 0 radical (unpaired) electrons. The molecule has 3 N–H and O–H groups in total. The summed E-state index contributed by atoms with van der Waals surface area (Å²) in [6, 6.07) is 14.4. The molecule has 3 aromatic rings. The Labute approximate surface area is 256 Å². The van der Waals surface area contributed by atoms with Crippen LogP contribution >= 0.6 is 0 Å². The van der Waals surface area contributed by atoms with E-state index in [2.05, 4.69) is 30.6 Å². The van der Waals surface area contributed by atoms with Crippen LogP contribution in [0, 0.1) is 0 Å². The van der Waals surface area contributed by atoms with Gasteiger partial charge in [-0.15, -0.1) is 5.10 Å². The first-order valence-electron chi connectivity index (χ1n) is 14.6. The van der Waals surface area contributed by atoms with Crippen LogP contribution in [0.25, 0.3) is 10.9 Å². The molecule has 0 saturated carbocycles. The number of alkyl halides is 2. The number of rotatable bonds is 14. The molecule has 3 rings (SSSR count). The van der Waals surface area contributed by atoms with Gasteiger partial charge in [-0.05, 0) is 68.7 Å². The number of carbonyl (C=O) groups is 2. The van der Waals surface area contributed by atoms with Crippen LogP contribution in [0.2, 0.25) is 18.1 Å². The van der Waals surface area contributed by atoms with Crippen LogP contribution in [0.4, 0.5) is 24.1 Å². The predicted molar refractivity (Wildman–Crippen MR) is 165 cm³/mol. The van der Waals surface area contributed by atoms with Crippen LogP contribution in [0.5, 0.6) is 11.6 Å². The van der Waals surface area contributed by atoms with Crippen LogP contribution in [0.1, 0.15) is 53.2 Å². The minimum atomic E-state index is -3.18. The Kier molecular flexibility index (Phi) is 11.6. The molecule has 2 aromatic carbocycles. The van der Waals surface area contributed by atoms with Gasteiger partial charge in [-0.1, -0.05) is 32.9 Å². The zero-order chi connectivity index (χ0) is 32.7. The Morgan fingerprint density at radius 3 is 2.34 bits per heavy atom. The zero-order valence-corrected chi connectivity index (χ0v) is 27.0. The van der Waals surface area contributed by atoms with E-state index in [1.807, 2.05) is 18.2 Å². The summed E-state index contributed by atoms with van der Waals surface area (Å²) in [6.45, 7) is 8.84. The Morgan fingerprint density at radius 2 is 1.77 bits per heavy atom. The van der Waals surface area contributed by atoms with Crippen LogP contribution in [0.3, 0.4) is 0 Å². The number of hydrogen-bond donors (Lipinski definition) is 2. The maximum Gasteiger partial charge on any atom is 0.432 e. The molecule has 0 spiro atoms. The van der Waals surface area contributed by atoms with E-state index in [0.29, 0.717) is 10.4 Å².